The normalized spacial score (nSPS) is 32.0. The Morgan fingerprint density at radius 3 is 2.55 bits per heavy atom. The minimum Gasteiger partial charge on any atom is -0.444 e. The number of hydrogen-bond acceptors (Lipinski definition) is 3. The van der Waals surface area contributed by atoms with Gasteiger partial charge in [0.25, 0.3) is 0 Å². The van der Waals surface area contributed by atoms with Crippen molar-refractivity contribution >= 4 is 6.09 Å². The number of carbonyl (C=O) groups excluding carboxylic acids is 1. The van der Waals surface area contributed by atoms with Gasteiger partial charge in [-0.25, -0.2) is 4.79 Å². The third-order valence-corrected chi connectivity index (χ3v) is 4.48. The van der Waals surface area contributed by atoms with Crippen molar-refractivity contribution in [1.29, 1.82) is 0 Å². The Balaban J connectivity index is 2.02. The van der Waals surface area contributed by atoms with E-state index in [4.69, 9.17) is 10.5 Å². The first kappa shape index (κ1) is 15.6. The highest BCUT2D eigenvalue weighted by Gasteiger charge is 2.36. The molecule has 2 fully saturated rings. The second kappa shape index (κ2) is 6.33. The smallest absolute Gasteiger partial charge is 0.410 e. The molecule has 4 heteroatoms. The van der Waals surface area contributed by atoms with Crippen LogP contribution in [0.4, 0.5) is 4.79 Å². The van der Waals surface area contributed by atoms with Gasteiger partial charge in [0, 0.05) is 18.6 Å². The fourth-order valence-corrected chi connectivity index (χ4v) is 3.61. The first-order chi connectivity index (χ1) is 9.37. The molecule has 0 aromatic rings. The van der Waals surface area contributed by atoms with Gasteiger partial charge >= 0.3 is 6.09 Å². The Bertz CT molecular complexity index is 338. The summed E-state index contributed by atoms with van der Waals surface area (Å²) in [5.41, 5.74) is 5.71. The lowest BCUT2D eigenvalue weighted by molar-refractivity contribution is -0.00234. The van der Waals surface area contributed by atoms with Gasteiger partial charge in [-0.1, -0.05) is 6.42 Å². The first-order valence-corrected chi connectivity index (χ1v) is 8.12. The van der Waals surface area contributed by atoms with Crippen LogP contribution in [0.15, 0.2) is 0 Å². The van der Waals surface area contributed by atoms with Gasteiger partial charge in [-0.15, -0.1) is 0 Å². The van der Waals surface area contributed by atoms with E-state index in [1.54, 1.807) is 0 Å². The van der Waals surface area contributed by atoms with Crippen LogP contribution in [0, 0.1) is 5.92 Å². The topological polar surface area (TPSA) is 55.6 Å². The lowest BCUT2D eigenvalue weighted by Gasteiger charge is -2.43. The third kappa shape index (κ3) is 4.11. The Morgan fingerprint density at radius 2 is 1.90 bits per heavy atom. The number of nitrogens with zero attached hydrogens (tertiary/aromatic N) is 1. The fraction of sp³-hybridized carbons (Fsp3) is 0.938. The molecule has 2 aliphatic rings. The van der Waals surface area contributed by atoms with Crippen LogP contribution in [0.5, 0.6) is 0 Å². The van der Waals surface area contributed by atoms with E-state index < -0.39 is 5.60 Å². The highest BCUT2D eigenvalue weighted by molar-refractivity contribution is 5.68. The van der Waals surface area contributed by atoms with Gasteiger partial charge in [-0.05, 0) is 65.2 Å². The van der Waals surface area contributed by atoms with Gasteiger partial charge in [0.15, 0.2) is 0 Å². The Kier molecular flexibility index (Phi) is 4.95. The number of piperidine rings is 1. The van der Waals surface area contributed by atoms with E-state index in [0.29, 0.717) is 18.0 Å². The van der Waals surface area contributed by atoms with Crippen LogP contribution in [0.25, 0.3) is 0 Å². The maximum atomic E-state index is 12.4. The second-order valence-electron chi connectivity index (χ2n) is 7.42. The monoisotopic (exact) mass is 282 g/mol. The van der Waals surface area contributed by atoms with Crippen molar-refractivity contribution in [3.63, 3.8) is 0 Å². The molecular weight excluding hydrogens is 252 g/mol. The summed E-state index contributed by atoms with van der Waals surface area (Å²) in [6.07, 6.45) is 7.88. The van der Waals surface area contributed by atoms with E-state index >= 15 is 0 Å². The van der Waals surface area contributed by atoms with Crippen molar-refractivity contribution in [1.82, 2.24) is 4.90 Å². The summed E-state index contributed by atoms with van der Waals surface area (Å²) >= 11 is 0. The summed E-state index contributed by atoms with van der Waals surface area (Å²) in [4.78, 5) is 14.4. The van der Waals surface area contributed by atoms with Crippen molar-refractivity contribution in [2.24, 2.45) is 11.7 Å². The van der Waals surface area contributed by atoms with E-state index in [2.05, 4.69) is 0 Å². The van der Waals surface area contributed by atoms with E-state index in [9.17, 15) is 4.79 Å². The van der Waals surface area contributed by atoms with Crippen LogP contribution in [-0.4, -0.2) is 35.2 Å². The van der Waals surface area contributed by atoms with Crippen LogP contribution < -0.4 is 5.73 Å². The second-order valence-corrected chi connectivity index (χ2v) is 7.42. The number of carbonyl (C=O) groups is 1. The van der Waals surface area contributed by atoms with Gasteiger partial charge in [0.2, 0.25) is 0 Å². The summed E-state index contributed by atoms with van der Waals surface area (Å²) in [5.74, 6) is 0.562. The van der Waals surface area contributed by atoms with Crippen molar-refractivity contribution in [2.45, 2.75) is 83.4 Å². The molecule has 1 heterocycles. The molecule has 1 aliphatic heterocycles. The lowest BCUT2D eigenvalue weighted by Crippen LogP contribution is -2.51. The molecule has 3 atom stereocenters. The standard InChI is InChI=1S/C16H30N2O2/c1-16(2,3)20-15(19)18-10-5-4-9-14(18)12-7-6-8-13(17)11-12/h12-14H,4-11,17H2,1-3H3/t12-,13+,14-/m1/s1. The molecule has 1 saturated heterocycles. The average Bonchev–Trinajstić information content (AvgIpc) is 2.37. The summed E-state index contributed by atoms with van der Waals surface area (Å²) in [6, 6.07) is 0.654. The molecule has 4 nitrogen and oxygen atoms in total. The van der Waals surface area contributed by atoms with Crippen LogP contribution in [0.2, 0.25) is 0 Å². The summed E-state index contributed by atoms with van der Waals surface area (Å²) in [5, 5.41) is 0. The SMILES string of the molecule is CC(C)(C)OC(=O)N1CCCC[C@@H]1[C@@H]1CCC[C@H](N)C1. The lowest BCUT2D eigenvalue weighted by atomic mass is 9.78. The molecule has 20 heavy (non-hydrogen) atoms. The maximum Gasteiger partial charge on any atom is 0.410 e. The van der Waals surface area contributed by atoms with Crippen molar-refractivity contribution in [2.75, 3.05) is 6.54 Å². The van der Waals surface area contributed by atoms with E-state index in [-0.39, 0.29) is 6.09 Å². The van der Waals surface area contributed by atoms with E-state index in [1.807, 2.05) is 25.7 Å². The minimum atomic E-state index is -0.415. The highest BCUT2D eigenvalue weighted by Crippen LogP contribution is 2.34. The van der Waals surface area contributed by atoms with Crippen LogP contribution in [0.3, 0.4) is 0 Å². The Labute approximate surface area is 123 Å². The third-order valence-electron chi connectivity index (χ3n) is 4.48. The molecule has 0 bridgehead atoms. The van der Waals surface area contributed by atoms with Gasteiger partial charge in [0.05, 0.1) is 0 Å². The summed E-state index contributed by atoms with van der Waals surface area (Å²) in [6.45, 7) is 6.63. The Morgan fingerprint density at radius 1 is 1.15 bits per heavy atom. The molecule has 0 unspecified atom stereocenters. The molecule has 1 saturated carbocycles. The molecule has 116 valence electrons. The zero-order chi connectivity index (χ0) is 14.8. The van der Waals surface area contributed by atoms with Crippen LogP contribution >= 0.6 is 0 Å². The van der Waals surface area contributed by atoms with Gasteiger partial charge in [-0.3, -0.25) is 0 Å². The minimum absolute atomic E-state index is 0.138. The van der Waals surface area contributed by atoms with Crippen LogP contribution in [0.1, 0.15) is 65.7 Å². The summed E-state index contributed by atoms with van der Waals surface area (Å²) < 4.78 is 5.58. The van der Waals surface area contributed by atoms with Crippen LogP contribution in [-0.2, 0) is 4.74 Å². The molecular formula is C16H30N2O2. The number of amides is 1. The molecule has 0 spiro atoms. The number of nitrogens with two attached hydrogens (primary N) is 1. The number of likely N-dealkylation sites (tertiary alicyclic amines) is 1. The number of ether oxygens (including phenoxy) is 1. The first-order valence-electron chi connectivity index (χ1n) is 8.12. The molecule has 0 aromatic carbocycles. The maximum absolute atomic E-state index is 12.4. The molecule has 1 amide bonds. The van der Waals surface area contributed by atoms with Crippen molar-refractivity contribution in [3.8, 4) is 0 Å². The number of rotatable bonds is 1. The predicted octanol–water partition coefficient (Wildman–Crippen LogP) is 3.29. The van der Waals surface area contributed by atoms with Crippen molar-refractivity contribution < 1.29 is 9.53 Å². The fourth-order valence-electron chi connectivity index (χ4n) is 3.61. The predicted molar refractivity (Wildman–Crippen MR) is 80.5 cm³/mol. The molecule has 0 aromatic heterocycles. The molecule has 0 radical (unpaired) electrons. The van der Waals surface area contributed by atoms with E-state index in [0.717, 1.165) is 32.2 Å². The van der Waals surface area contributed by atoms with Gasteiger partial charge in [-0.2, -0.15) is 0 Å². The zero-order valence-electron chi connectivity index (χ0n) is 13.2. The molecule has 2 rings (SSSR count). The number of hydrogen-bond donors (Lipinski definition) is 1. The average molecular weight is 282 g/mol. The van der Waals surface area contributed by atoms with Crippen molar-refractivity contribution in [3.05, 3.63) is 0 Å². The van der Waals surface area contributed by atoms with Gasteiger partial charge in [0.1, 0.15) is 5.60 Å². The Hall–Kier alpha value is -0.770. The summed E-state index contributed by atoms with van der Waals surface area (Å²) in [7, 11) is 0. The van der Waals surface area contributed by atoms with E-state index in [1.165, 1.54) is 19.3 Å². The quantitative estimate of drug-likeness (QED) is 0.803. The molecule has 2 N–H and O–H groups in total. The molecule has 1 aliphatic carbocycles. The largest absolute Gasteiger partial charge is 0.444 e. The highest BCUT2D eigenvalue weighted by atomic mass is 16.6. The zero-order valence-corrected chi connectivity index (χ0v) is 13.2. The van der Waals surface area contributed by atoms with Gasteiger partial charge < -0.3 is 15.4 Å².